The van der Waals surface area contributed by atoms with Crippen molar-refractivity contribution < 1.29 is 18.0 Å². The topological polar surface area (TPSA) is 86.8 Å². The van der Waals surface area contributed by atoms with Gasteiger partial charge in [0.2, 0.25) is 11.8 Å². The van der Waals surface area contributed by atoms with Gasteiger partial charge in [-0.05, 0) is 72.0 Å². The van der Waals surface area contributed by atoms with Crippen molar-refractivity contribution in [1.82, 2.24) is 10.2 Å². The molecule has 1 unspecified atom stereocenters. The number of hydrogen-bond donors (Lipinski definition) is 1. The highest BCUT2D eigenvalue weighted by atomic mass is 35.5. The standard InChI is InChI=1S/C35H36Cl3N3O4S/c1-24(2)21-39-35(43)33(20-26-10-5-4-6-11-26)40(22-27-13-18-30(37)31(38)19-27)34(42)23-41(32-12-8-7-9-25(32)3)46(44,45)29-16-14-28(36)15-17-29/h4-19,24,33H,20-23H2,1-3H3,(H,39,43). The summed E-state index contributed by atoms with van der Waals surface area (Å²) in [4.78, 5) is 29.8. The van der Waals surface area contributed by atoms with Crippen LogP contribution >= 0.6 is 34.8 Å². The molecular weight excluding hydrogens is 665 g/mol. The molecule has 0 aliphatic heterocycles. The third kappa shape index (κ3) is 9.04. The van der Waals surface area contributed by atoms with Crippen molar-refractivity contribution in [3.05, 3.63) is 129 Å². The smallest absolute Gasteiger partial charge is 0.264 e. The number of sulfonamides is 1. The van der Waals surface area contributed by atoms with Gasteiger partial charge in [-0.3, -0.25) is 13.9 Å². The van der Waals surface area contributed by atoms with Crippen LogP contribution in [0.3, 0.4) is 0 Å². The number of carbonyl (C=O) groups excluding carboxylic acids is 2. The molecule has 0 radical (unpaired) electrons. The molecule has 4 aromatic rings. The number of hydrogen-bond acceptors (Lipinski definition) is 4. The predicted molar refractivity (Wildman–Crippen MR) is 186 cm³/mol. The fourth-order valence-electron chi connectivity index (χ4n) is 4.90. The molecule has 2 amide bonds. The number of benzene rings is 4. The minimum Gasteiger partial charge on any atom is -0.354 e. The molecule has 0 aliphatic rings. The number of rotatable bonds is 13. The van der Waals surface area contributed by atoms with E-state index in [0.29, 0.717) is 38.4 Å². The number of halogens is 3. The molecule has 242 valence electrons. The van der Waals surface area contributed by atoms with E-state index in [1.165, 1.54) is 29.2 Å². The van der Waals surface area contributed by atoms with E-state index < -0.39 is 28.5 Å². The normalized spacial score (nSPS) is 12.1. The van der Waals surface area contributed by atoms with Crippen LogP contribution in [0.1, 0.15) is 30.5 Å². The lowest BCUT2D eigenvalue weighted by Gasteiger charge is -2.34. The second-order valence-corrected chi connectivity index (χ2v) is 14.5. The highest BCUT2D eigenvalue weighted by Crippen LogP contribution is 2.29. The number of para-hydroxylation sites is 1. The molecule has 1 atom stereocenters. The van der Waals surface area contributed by atoms with E-state index in [-0.39, 0.29) is 29.7 Å². The number of amides is 2. The highest BCUT2D eigenvalue weighted by Gasteiger charge is 2.35. The maximum Gasteiger partial charge on any atom is 0.264 e. The Balaban J connectivity index is 1.82. The van der Waals surface area contributed by atoms with Crippen LogP contribution < -0.4 is 9.62 Å². The molecule has 11 heteroatoms. The Morgan fingerprint density at radius 2 is 1.46 bits per heavy atom. The summed E-state index contributed by atoms with van der Waals surface area (Å²) in [7, 11) is -4.25. The Hall–Kier alpha value is -3.56. The van der Waals surface area contributed by atoms with Crippen molar-refractivity contribution in [1.29, 1.82) is 0 Å². The average molecular weight is 701 g/mol. The number of aryl methyl sites for hydroxylation is 1. The van der Waals surface area contributed by atoms with Crippen molar-refractivity contribution >= 4 is 62.3 Å². The zero-order valence-corrected chi connectivity index (χ0v) is 28.9. The van der Waals surface area contributed by atoms with Crippen LogP contribution in [-0.2, 0) is 32.6 Å². The van der Waals surface area contributed by atoms with Crippen molar-refractivity contribution in [2.24, 2.45) is 5.92 Å². The highest BCUT2D eigenvalue weighted by molar-refractivity contribution is 7.92. The van der Waals surface area contributed by atoms with Crippen molar-refractivity contribution in [3.63, 3.8) is 0 Å². The number of carbonyl (C=O) groups is 2. The van der Waals surface area contributed by atoms with Crippen LogP contribution in [0, 0.1) is 12.8 Å². The van der Waals surface area contributed by atoms with Gasteiger partial charge in [0.1, 0.15) is 12.6 Å². The zero-order chi connectivity index (χ0) is 33.4. The summed E-state index contributed by atoms with van der Waals surface area (Å²) in [6, 6.07) is 26.1. The van der Waals surface area contributed by atoms with E-state index >= 15 is 0 Å². The van der Waals surface area contributed by atoms with Crippen LogP contribution in [0.25, 0.3) is 0 Å². The molecule has 1 N–H and O–H groups in total. The molecule has 0 aromatic heterocycles. The van der Waals surface area contributed by atoms with Crippen LogP contribution in [-0.4, -0.2) is 44.3 Å². The fraction of sp³-hybridized carbons (Fsp3) is 0.257. The first-order valence-corrected chi connectivity index (χ1v) is 17.3. The van der Waals surface area contributed by atoms with Crippen LogP contribution in [0.4, 0.5) is 5.69 Å². The van der Waals surface area contributed by atoms with Gasteiger partial charge in [-0.2, -0.15) is 0 Å². The molecule has 0 bridgehead atoms. The Bertz CT molecular complexity index is 1770. The number of nitrogens with one attached hydrogen (secondary N) is 1. The Morgan fingerprint density at radius 1 is 0.804 bits per heavy atom. The van der Waals surface area contributed by atoms with Gasteiger partial charge in [0, 0.05) is 24.5 Å². The van der Waals surface area contributed by atoms with E-state index in [1.54, 1.807) is 49.4 Å². The zero-order valence-electron chi connectivity index (χ0n) is 25.8. The van der Waals surface area contributed by atoms with E-state index in [0.717, 1.165) is 9.87 Å². The van der Waals surface area contributed by atoms with Crippen molar-refractivity contribution in [2.75, 3.05) is 17.4 Å². The molecular formula is C35H36Cl3N3O4S. The summed E-state index contributed by atoms with van der Waals surface area (Å²) < 4.78 is 29.4. The molecule has 0 saturated carbocycles. The van der Waals surface area contributed by atoms with Crippen LogP contribution in [0.15, 0.2) is 102 Å². The minimum atomic E-state index is -4.25. The summed E-state index contributed by atoms with van der Waals surface area (Å²) in [5, 5.41) is 3.99. The fourth-order valence-corrected chi connectivity index (χ4v) is 6.83. The predicted octanol–water partition coefficient (Wildman–Crippen LogP) is 7.56. The van der Waals surface area contributed by atoms with Crippen LogP contribution in [0.2, 0.25) is 15.1 Å². The molecule has 0 heterocycles. The lowest BCUT2D eigenvalue weighted by Crippen LogP contribution is -2.53. The SMILES string of the molecule is Cc1ccccc1N(CC(=O)N(Cc1ccc(Cl)c(Cl)c1)C(Cc1ccccc1)C(=O)NCC(C)C)S(=O)(=O)c1ccc(Cl)cc1. The quantitative estimate of drug-likeness (QED) is 0.156. The van der Waals surface area contributed by atoms with Gasteiger partial charge in [0.05, 0.1) is 20.6 Å². The summed E-state index contributed by atoms with van der Waals surface area (Å²) >= 11 is 18.6. The molecule has 0 saturated heterocycles. The summed E-state index contributed by atoms with van der Waals surface area (Å²) in [6.45, 7) is 5.54. The molecule has 46 heavy (non-hydrogen) atoms. The van der Waals surface area contributed by atoms with Crippen LogP contribution in [0.5, 0.6) is 0 Å². The lowest BCUT2D eigenvalue weighted by molar-refractivity contribution is -0.140. The molecule has 0 spiro atoms. The number of anilines is 1. The van der Waals surface area contributed by atoms with E-state index in [9.17, 15) is 18.0 Å². The van der Waals surface area contributed by atoms with Gasteiger partial charge in [-0.1, -0.05) is 103 Å². The summed E-state index contributed by atoms with van der Waals surface area (Å²) in [5.74, 6) is -0.761. The number of nitrogens with zero attached hydrogens (tertiary/aromatic N) is 2. The monoisotopic (exact) mass is 699 g/mol. The van der Waals surface area contributed by atoms with E-state index in [2.05, 4.69) is 5.32 Å². The van der Waals surface area contributed by atoms with Crippen molar-refractivity contribution in [3.8, 4) is 0 Å². The van der Waals surface area contributed by atoms with Gasteiger partial charge in [0.15, 0.2) is 0 Å². The second-order valence-electron chi connectivity index (χ2n) is 11.4. The molecule has 7 nitrogen and oxygen atoms in total. The largest absolute Gasteiger partial charge is 0.354 e. The lowest BCUT2D eigenvalue weighted by atomic mass is 10.0. The van der Waals surface area contributed by atoms with Gasteiger partial charge < -0.3 is 10.2 Å². The first-order valence-electron chi connectivity index (χ1n) is 14.8. The summed E-state index contributed by atoms with van der Waals surface area (Å²) in [6.07, 6.45) is 0.201. The Labute approximate surface area is 286 Å². The maximum atomic E-state index is 14.6. The second kappa shape index (κ2) is 15.8. The molecule has 0 fully saturated rings. The van der Waals surface area contributed by atoms with Gasteiger partial charge >= 0.3 is 0 Å². The van der Waals surface area contributed by atoms with E-state index in [1.807, 2.05) is 44.2 Å². The molecule has 4 rings (SSSR count). The van der Waals surface area contributed by atoms with Gasteiger partial charge in [-0.25, -0.2) is 8.42 Å². The van der Waals surface area contributed by atoms with Gasteiger partial charge in [0.25, 0.3) is 10.0 Å². The Kier molecular flexibility index (Phi) is 12.1. The third-order valence-electron chi connectivity index (χ3n) is 7.36. The molecule has 4 aromatic carbocycles. The third-order valence-corrected chi connectivity index (χ3v) is 10.1. The first-order chi connectivity index (χ1) is 21.9. The minimum absolute atomic E-state index is 0.0229. The molecule has 0 aliphatic carbocycles. The van der Waals surface area contributed by atoms with E-state index in [4.69, 9.17) is 34.8 Å². The maximum absolute atomic E-state index is 14.6. The van der Waals surface area contributed by atoms with Crippen molar-refractivity contribution in [2.45, 2.75) is 44.7 Å². The Morgan fingerprint density at radius 3 is 2.09 bits per heavy atom. The summed E-state index contributed by atoms with van der Waals surface area (Å²) in [5.41, 5.74) is 2.45. The first kappa shape index (κ1) is 35.3. The van der Waals surface area contributed by atoms with Gasteiger partial charge in [-0.15, -0.1) is 0 Å². The average Bonchev–Trinajstić information content (AvgIpc) is 3.03.